The summed E-state index contributed by atoms with van der Waals surface area (Å²) in [4.78, 5) is 17.8. The summed E-state index contributed by atoms with van der Waals surface area (Å²) < 4.78 is 5.50. The Morgan fingerprint density at radius 1 is 1.07 bits per heavy atom. The van der Waals surface area contributed by atoms with E-state index in [0.29, 0.717) is 6.42 Å². The van der Waals surface area contributed by atoms with Crippen molar-refractivity contribution in [2.24, 2.45) is 0 Å². The summed E-state index contributed by atoms with van der Waals surface area (Å²) in [5.41, 5.74) is 4.74. The minimum atomic E-state index is -0.152. The first-order valence-corrected chi connectivity index (χ1v) is 10.9. The van der Waals surface area contributed by atoms with E-state index in [1.807, 2.05) is 6.07 Å². The largest absolute Gasteiger partial charge is 0.378 e. The van der Waals surface area contributed by atoms with Gasteiger partial charge in [-0.1, -0.05) is 36.4 Å². The number of aryl methyl sites for hydroxylation is 2. The predicted molar refractivity (Wildman–Crippen MR) is 119 cm³/mol. The molecular formula is C25H32N2O2. The molecule has 0 N–H and O–H groups in total. The van der Waals surface area contributed by atoms with Gasteiger partial charge in [-0.3, -0.25) is 4.79 Å². The number of fused-ring (bicyclic) bond motifs is 1. The number of benzene rings is 2. The third-order valence-electron chi connectivity index (χ3n) is 6.25. The van der Waals surface area contributed by atoms with E-state index >= 15 is 0 Å². The van der Waals surface area contributed by atoms with E-state index in [-0.39, 0.29) is 11.4 Å². The van der Waals surface area contributed by atoms with Crippen molar-refractivity contribution in [3.63, 3.8) is 0 Å². The number of carbonyl (C=O) groups is 1. The molecule has 2 aliphatic heterocycles. The molecule has 0 atom stereocenters. The Morgan fingerprint density at radius 2 is 1.83 bits per heavy atom. The first kappa shape index (κ1) is 20.0. The van der Waals surface area contributed by atoms with Gasteiger partial charge < -0.3 is 14.5 Å². The summed E-state index contributed by atoms with van der Waals surface area (Å²) >= 11 is 0. The fraction of sp³-hybridized carbons (Fsp3) is 0.480. The normalized spacial score (nSPS) is 18.4. The van der Waals surface area contributed by atoms with Crippen molar-refractivity contribution in [3.05, 3.63) is 59.7 Å². The van der Waals surface area contributed by atoms with Gasteiger partial charge in [0.15, 0.2) is 0 Å². The molecule has 2 aromatic carbocycles. The Balaban J connectivity index is 1.52. The summed E-state index contributed by atoms with van der Waals surface area (Å²) in [5.74, 6) is 0.242. The van der Waals surface area contributed by atoms with Crippen molar-refractivity contribution in [2.45, 2.75) is 51.5 Å². The number of anilines is 2. The molecule has 1 saturated heterocycles. The van der Waals surface area contributed by atoms with Gasteiger partial charge in [-0.25, -0.2) is 0 Å². The average Bonchev–Trinajstić information content (AvgIpc) is 2.74. The van der Waals surface area contributed by atoms with Crippen LogP contribution in [0, 0.1) is 0 Å². The molecule has 0 bridgehead atoms. The van der Waals surface area contributed by atoms with Crippen LogP contribution in [0.15, 0.2) is 48.5 Å². The molecule has 2 aliphatic rings. The van der Waals surface area contributed by atoms with Crippen LogP contribution >= 0.6 is 0 Å². The Labute approximate surface area is 174 Å². The lowest BCUT2D eigenvalue weighted by molar-refractivity contribution is -0.119. The molecule has 0 aliphatic carbocycles. The van der Waals surface area contributed by atoms with Crippen LogP contribution in [0.25, 0.3) is 0 Å². The Hall–Kier alpha value is -2.33. The molecule has 2 heterocycles. The SMILES string of the molecule is CC1(C)CCc2ccc(N3CCOCC3)cc2N1C(=O)CCCc1ccccc1. The molecule has 4 rings (SSSR count). The maximum Gasteiger partial charge on any atom is 0.227 e. The fourth-order valence-corrected chi connectivity index (χ4v) is 4.54. The van der Waals surface area contributed by atoms with Gasteiger partial charge in [0.05, 0.1) is 13.2 Å². The van der Waals surface area contributed by atoms with Gasteiger partial charge in [-0.15, -0.1) is 0 Å². The van der Waals surface area contributed by atoms with Crippen LogP contribution in [0.3, 0.4) is 0 Å². The molecule has 2 aromatic rings. The highest BCUT2D eigenvalue weighted by Gasteiger charge is 2.36. The van der Waals surface area contributed by atoms with Crippen LogP contribution < -0.4 is 9.80 Å². The third kappa shape index (κ3) is 4.48. The summed E-state index contributed by atoms with van der Waals surface area (Å²) in [6.07, 6.45) is 4.44. The van der Waals surface area contributed by atoms with Crippen molar-refractivity contribution in [3.8, 4) is 0 Å². The molecule has 1 fully saturated rings. The van der Waals surface area contributed by atoms with Gasteiger partial charge in [0, 0.05) is 36.4 Å². The predicted octanol–water partition coefficient (Wildman–Crippen LogP) is 4.60. The molecule has 0 radical (unpaired) electrons. The highest BCUT2D eigenvalue weighted by Crippen LogP contribution is 2.39. The first-order valence-electron chi connectivity index (χ1n) is 10.9. The van der Waals surface area contributed by atoms with Crippen molar-refractivity contribution in [1.82, 2.24) is 0 Å². The lowest BCUT2D eigenvalue weighted by Gasteiger charge is -2.44. The molecule has 0 unspecified atom stereocenters. The smallest absolute Gasteiger partial charge is 0.227 e. The lowest BCUT2D eigenvalue weighted by atomic mass is 9.86. The molecule has 154 valence electrons. The second kappa shape index (κ2) is 8.58. The highest BCUT2D eigenvalue weighted by molar-refractivity contribution is 5.96. The molecule has 29 heavy (non-hydrogen) atoms. The van der Waals surface area contributed by atoms with Crippen molar-refractivity contribution < 1.29 is 9.53 Å². The zero-order valence-corrected chi connectivity index (χ0v) is 17.7. The Morgan fingerprint density at radius 3 is 2.59 bits per heavy atom. The van der Waals surface area contributed by atoms with Gasteiger partial charge >= 0.3 is 0 Å². The summed E-state index contributed by atoms with van der Waals surface area (Å²) in [5, 5.41) is 0. The van der Waals surface area contributed by atoms with Crippen LogP contribution in [-0.4, -0.2) is 37.7 Å². The number of rotatable bonds is 5. The molecule has 1 amide bonds. The Bertz CT molecular complexity index is 841. The van der Waals surface area contributed by atoms with Crippen molar-refractivity contribution in [2.75, 3.05) is 36.1 Å². The fourth-order valence-electron chi connectivity index (χ4n) is 4.54. The van der Waals surface area contributed by atoms with Crippen LogP contribution in [0.5, 0.6) is 0 Å². The molecule has 0 saturated carbocycles. The van der Waals surface area contributed by atoms with Crippen LogP contribution in [0.1, 0.15) is 44.2 Å². The van der Waals surface area contributed by atoms with Crippen LogP contribution in [0.2, 0.25) is 0 Å². The maximum absolute atomic E-state index is 13.3. The van der Waals surface area contributed by atoms with E-state index < -0.39 is 0 Å². The van der Waals surface area contributed by atoms with E-state index in [1.54, 1.807) is 0 Å². The number of ether oxygens (including phenoxy) is 1. The first-order chi connectivity index (χ1) is 14.0. The highest BCUT2D eigenvalue weighted by atomic mass is 16.5. The summed E-state index contributed by atoms with van der Waals surface area (Å²) in [6.45, 7) is 7.76. The minimum Gasteiger partial charge on any atom is -0.378 e. The zero-order chi connectivity index (χ0) is 20.3. The van der Waals surface area contributed by atoms with Crippen LogP contribution in [0.4, 0.5) is 11.4 Å². The van der Waals surface area contributed by atoms with E-state index in [1.165, 1.54) is 16.8 Å². The van der Waals surface area contributed by atoms with Gasteiger partial charge in [-0.05, 0) is 62.8 Å². The summed E-state index contributed by atoms with van der Waals surface area (Å²) in [7, 11) is 0. The Kier molecular flexibility index (Phi) is 5.91. The molecule has 4 nitrogen and oxygen atoms in total. The van der Waals surface area contributed by atoms with Gasteiger partial charge in [0.25, 0.3) is 0 Å². The van der Waals surface area contributed by atoms with E-state index in [0.717, 1.165) is 57.7 Å². The molecule has 4 heteroatoms. The second-order valence-corrected chi connectivity index (χ2v) is 8.79. The van der Waals surface area contributed by atoms with Gasteiger partial charge in [0.1, 0.15) is 0 Å². The van der Waals surface area contributed by atoms with Gasteiger partial charge in [-0.2, -0.15) is 0 Å². The quantitative estimate of drug-likeness (QED) is 0.745. The maximum atomic E-state index is 13.3. The van der Waals surface area contributed by atoms with Gasteiger partial charge in [0.2, 0.25) is 5.91 Å². The molecule has 0 spiro atoms. The number of hydrogen-bond acceptors (Lipinski definition) is 3. The summed E-state index contributed by atoms with van der Waals surface area (Å²) in [6, 6.07) is 17.1. The standard InChI is InChI=1S/C25H32N2O2/c1-25(2)14-13-21-11-12-22(26-15-17-29-18-16-26)19-23(21)27(25)24(28)10-6-9-20-7-4-3-5-8-20/h3-5,7-8,11-12,19H,6,9-10,13-18H2,1-2H3. The second-order valence-electron chi connectivity index (χ2n) is 8.79. The average molecular weight is 393 g/mol. The molecular weight excluding hydrogens is 360 g/mol. The zero-order valence-electron chi connectivity index (χ0n) is 17.7. The number of carbonyl (C=O) groups excluding carboxylic acids is 1. The van der Waals surface area contributed by atoms with E-state index in [4.69, 9.17) is 4.74 Å². The lowest BCUT2D eigenvalue weighted by Crippen LogP contribution is -2.51. The number of morpholine rings is 1. The number of hydrogen-bond donors (Lipinski definition) is 0. The monoisotopic (exact) mass is 392 g/mol. The van der Waals surface area contributed by atoms with Crippen molar-refractivity contribution >= 4 is 17.3 Å². The van der Waals surface area contributed by atoms with E-state index in [2.05, 4.69) is 66.1 Å². The van der Waals surface area contributed by atoms with E-state index in [9.17, 15) is 4.79 Å². The third-order valence-corrected chi connectivity index (χ3v) is 6.25. The molecule has 0 aromatic heterocycles. The van der Waals surface area contributed by atoms with Crippen molar-refractivity contribution in [1.29, 1.82) is 0 Å². The minimum absolute atomic E-state index is 0.152. The number of amides is 1. The number of nitrogens with zero attached hydrogens (tertiary/aromatic N) is 2. The van der Waals surface area contributed by atoms with Crippen LogP contribution in [-0.2, 0) is 22.4 Å². The topological polar surface area (TPSA) is 32.8 Å².